The molecule has 2 atom stereocenters. The highest BCUT2D eigenvalue weighted by molar-refractivity contribution is 6.42. The molecular weight excluding hydrogens is 456 g/mol. The lowest BCUT2D eigenvalue weighted by atomic mass is 10.1. The van der Waals surface area contributed by atoms with Crippen LogP contribution in [0.2, 0.25) is 10.0 Å². The average molecular weight is 486 g/mol. The second-order valence-corrected chi connectivity index (χ2v) is 9.16. The first-order valence-electron chi connectivity index (χ1n) is 11.1. The lowest BCUT2D eigenvalue weighted by Gasteiger charge is -2.32. The first-order chi connectivity index (χ1) is 15.3. The molecule has 0 aliphatic carbocycles. The van der Waals surface area contributed by atoms with Gasteiger partial charge in [0.2, 0.25) is 11.8 Å². The van der Waals surface area contributed by atoms with Crippen LogP contribution >= 0.6 is 23.2 Å². The van der Waals surface area contributed by atoms with Gasteiger partial charge in [0.25, 0.3) is 0 Å². The maximum atomic E-state index is 13.6. The number of amides is 2. The summed E-state index contributed by atoms with van der Waals surface area (Å²) in [6, 6.07) is 5.16. The molecule has 176 valence electrons. The number of nitrogens with zero attached hydrogens (tertiary/aromatic N) is 3. The Morgan fingerprint density at radius 2 is 1.91 bits per heavy atom. The molecule has 2 amide bonds. The molecule has 32 heavy (non-hydrogen) atoms. The Balaban J connectivity index is 1.41. The molecule has 0 bridgehead atoms. The molecule has 1 aromatic rings. The van der Waals surface area contributed by atoms with Gasteiger partial charge in [0.05, 0.1) is 16.1 Å². The van der Waals surface area contributed by atoms with Gasteiger partial charge >= 0.3 is 0 Å². The lowest BCUT2D eigenvalue weighted by molar-refractivity contribution is -0.130. The minimum Gasteiger partial charge on any atom is -0.390 e. The zero-order valence-electron chi connectivity index (χ0n) is 18.1. The number of halogens is 3. The van der Waals surface area contributed by atoms with Crippen LogP contribution in [0, 0.1) is 0 Å². The van der Waals surface area contributed by atoms with Crippen LogP contribution in [0.15, 0.2) is 24.3 Å². The summed E-state index contributed by atoms with van der Waals surface area (Å²) in [7, 11) is 0. The summed E-state index contributed by atoms with van der Waals surface area (Å²) in [5.41, 5.74) is 0.780. The number of carbonyl (C=O) groups excluding carboxylic acids is 2. The Bertz CT molecular complexity index is 839. The molecule has 2 fully saturated rings. The fourth-order valence-electron chi connectivity index (χ4n) is 4.01. The number of hydrogen-bond acceptors (Lipinski definition) is 4. The number of hydrogen-bond donors (Lipinski definition) is 1. The van der Waals surface area contributed by atoms with E-state index in [1.165, 1.54) is 6.08 Å². The van der Waals surface area contributed by atoms with E-state index in [0.29, 0.717) is 55.6 Å². The zero-order valence-corrected chi connectivity index (χ0v) is 19.6. The SMILES string of the molecule is O=C(/C=C/c1ccc(Cl)c(Cl)c1)N1CCC(=O)N(CCCCN2CC[C@H](O)[C@@H](F)C2)CC1. The van der Waals surface area contributed by atoms with Crippen LogP contribution in [0.1, 0.15) is 31.2 Å². The Morgan fingerprint density at radius 1 is 1.12 bits per heavy atom. The normalized spacial score (nSPS) is 23.1. The molecule has 2 aliphatic heterocycles. The number of unbranched alkanes of at least 4 members (excludes halogenated alkanes) is 1. The van der Waals surface area contributed by atoms with Crippen molar-refractivity contribution >= 4 is 41.1 Å². The van der Waals surface area contributed by atoms with Crippen LogP contribution in [0.3, 0.4) is 0 Å². The number of rotatable bonds is 7. The largest absolute Gasteiger partial charge is 0.390 e. The standard InChI is InChI=1S/C23H30Cl2FN3O3/c24-18-5-3-17(15-19(18)25)4-6-22(31)29-12-8-23(32)28(13-14-29)10-2-1-9-27-11-7-21(30)20(26)16-27/h3-6,15,20-21,30H,1-2,7-14,16H2/b6-4+/t20-,21-/m0/s1. The van der Waals surface area contributed by atoms with Gasteiger partial charge in [-0.05, 0) is 49.6 Å². The van der Waals surface area contributed by atoms with Gasteiger partial charge in [0.15, 0.2) is 0 Å². The van der Waals surface area contributed by atoms with Crippen molar-refractivity contribution in [3.8, 4) is 0 Å². The Labute approximate surface area is 198 Å². The van der Waals surface area contributed by atoms with Gasteiger partial charge in [-0.25, -0.2) is 4.39 Å². The van der Waals surface area contributed by atoms with E-state index in [2.05, 4.69) is 0 Å². The van der Waals surface area contributed by atoms with Gasteiger partial charge in [0, 0.05) is 51.8 Å². The van der Waals surface area contributed by atoms with E-state index in [1.807, 2.05) is 9.80 Å². The van der Waals surface area contributed by atoms with Gasteiger partial charge in [-0.15, -0.1) is 0 Å². The van der Waals surface area contributed by atoms with Gasteiger partial charge in [-0.1, -0.05) is 29.3 Å². The molecule has 1 N–H and O–H groups in total. The molecule has 0 aromatic heterocycles. The van der Waals surface area contributed by atoms with Crippen molar-refractivity contribution in [1.82, 2.24) is 14.7 Å². The number of alkyl halides is 1. The van der Waals surface area contributed by atoms with Gasteiger partial charge in [-0.3, -0.25) is 9.59 Å². The topological polar surface area (TPSA) is 64.1 Å². The highest BCUT2D eigenvalue weighted by atomic mass is 35.5. The van der Waals surface area contributed by atoms with E-state index in [0.717, 1.165) is 24.9 Å². The van der Waals surface area contributed by atoms with Crippen molar-refractivity contribution in [1.29, 1.82) is 0 Å². The second kappa shape index (κ2) is 12.0. The number of benzene rings is 1. The predicted molar refractivity (Wildman–Crippen MR) is 124 cm³/mol. The molecule has 1 aromatic carbocycles. The number of aliphatic hydroxyl groups excluding tert-OH is 1. The van der Waals surface area contributed by atoms with Crippen molar-refractivity contribution in [2.75, 3.05) is 45.8 Å². The molecule has 0 unspecified atom stereocenters. The predicted octanol–water partition coefficient (Wildman–Crippen LogP) is 3.25. The summed E-state index contributed by atoms with van der Waals surface area (Å²) in [5, 5.41) is 10.4. The quantitative estimate of drug-likeness (QED) is 0.475. The molecular formula is C23H30Cl2FN3O3. The molecule has 2 saturated heterocycles. The summed E-state index contributed by atoms with van der Waals surface area (Å²) in [6.07, 6.45) is 3.63. The molecule has 2 aliphatic rings. The highest BCUT2D eigenvalue weighted by Gasteiger charge is 2.27. The van der Waals surface area contributed by atoms with Crippen molar-refractivity contribution in [2.45, 2.75) is 38.0 Å². The second-order valence-electron chi connectivity index (χ2n) is 8.34. The third kappa shape index (κ3) is 7.17. The van der Waals surface area contributed by atoms with E-state index in [-0.39, 0.29) is 18.4 Å². The first-order valence-corrected chi connectivity index (χ1v) is 11.8. The smallest absolute Gasteiger partial charge is 0.246 e. The van der Waals surface area contributed by atoms with Crippen molar-refractivity contribution in [2.24, 2.45) is 0 Å². The molecule has 3 rings (SSSR count). The molecule has 2 heterocycles. The number of aliphatic hydroxyl groups is 1. The number of carbonyl (C=O) groups is 2. The summed E-state index contributed by atoms with van der Waals surface area (Å²) < 4.78 is 13.6. The third-order valence-corrected chi connectivity index (χ3v) is 6.74. The lowest BCUT2D eigenvalue weighted by Crippen LogP contribution is -2.44. The third-order valence-electron chi connectivity index (χ3n) is 6.01. The molecule has 0 saturated carbocycles. The van der Waals surface area contributed by atoms with Crippen molar-refractivity contribution < 1.29 is 19.1 Å². The van der Waals surface area contributed by atoms with Crippen LogP contribution in [0.5, 0.6) is 0 Å². The summed E-state index contributed by atoms with van der Waals surface area (Å²) in [6.45, 7) is 3.77. The average Bonchev–Trinajstić information content (AvgIpc) is 2.96. The number of piperidine rings is 1. The zero-order chi connectivity index (χ0) is 23.1. The summed E-state index contributed by atoms with van der Waals surface area (Å²) in [5.74, 6) is -0.0857. The fourth-order valence-corrected chi connectivity index (χ4v) is 4.32. The Hall–Kier alpha value is -1.67. The maximum absolute atomic E-state index is 13.6. The van der Waals surface area contributed by atoms with Gasteiger partial charge < -0.3 is 19.8 Å². The Kier molecular flexibility index (Phi) is 9.34. The van der Waals surface area contributed by atoms with E-state index in [1.54, 1.807) is 29.2 Å². The van der Waals surface area contributed by atoms with E-state index in [4.69, 9.17) is 23.2 Å². The Morgan fingerprint density at radius 3 is 2.66 bits per heavy atom. The fraction of sp³-hybridized carbons (Fsp3) is 0.565. The molecule has 0 spiro atoms. The van der Waals surface area contributed by atoms with Crippen LogP contribution in [-0.4, -0.2) is 89.7 Å². The van der Waals surface area contributed by atoms with Crippen LogP contribution in [0.25, 0.3) is 6.08 Å². The van der Waals surface area contributed by atoms with Gasteiger partial charge in [0.1, 0.15) is 6.17 Å². The van der Waals surface area contributed by atoms with Crippen LogP contribution < -0.4 is 0 Å². The van der Waals surface area contributed by atoms with Crippen LogP contribution in [0.4, 0.5) is 4.39 Å². The maximum Gasteiger partial charge on any atom is 0.246 e. The van der Waals surface area contributed by atoms with Gasteiger partial charge in [-0.2, -0.15) is 0 Å². The van der Waals surface area contributed by atoms with E-state index in [9.17, 15) is 19.1 Å². The minimum atomic E-state index is -1.18. The first kappa shape index (κ1) is 25.0. The highest BCUT2D eigenvalue weighted by Crippen LogP contribution is 2.23. The van der Waals surface area contributed by atoms with Crippen molar-refractivity contribution in [3.05, 3.63) is 39.9 Å². The van der Waals surface area contributed by atoms with E-state index < -0.39 is 12.3 Å². The monoisotopic (exact) mass is 485 g/mol. The van der Waals surface area contributed by atoms with Crippen molar-refractivity contribution in [3.63, 3.8) is 0 Å². The summed E-state index contributed by atoms with van der Waals surface area (Å²) in [4.78, 5) is 30.6. The molecule has 6 nitrogen and oxygen atoms in total. The number of likely N-dealkylation sites (tertiary alicyclic amines) is 1. The van der Waals surface area contributed by atoms with E-state index >= 15 is 0 Å². The van der Waals surface area contributed by atoms with Crippen LogP contribution in [-0.2, 0) is 9.59 Å². The molecule has 9 heteroatoms. The summed E-state index contributed by atoms with van der Waals surface area (Å²) >= 11 is 11.9. The molecule has 0 radical (unpaired) electrons. The minimum absolute atomic E-state index is 0.0543.